The summed E-state index contributed by atoms with van der Waals surface area (Å²) in [5.41, 5.74) is 0.172. The summed E-state index contributed by atoms with van der Waals surface area (Å²) >= 11 is 0. The lowest BCUT2D eigenvalue weighted by Crippen LogP contribution is -2.35. The number of hydrogen-bond acceptors (Lipinski definition) is 6. The molecule has 2 heterocycles. The number of nitrogens with one attached hydrogen (secondary N) is 1. The van der Waals surface area contributed by atoms with Gasteiger partial charge in [0.2, 0.25) is 21.8 Å². The van der Waals surface area contributed by atoms with Crippen molar-refractivity contribution in [2.75, 3.05) is 38.2 Å². The molecule has 0 bridgehead atoms. The molecule has 0 aliphatic carbocycles. The fourth-order valence-corrected chi connectivity index (χ4v) is 4.83. The van der Waals surface area contributed by atoms with Gasteiger partial charge in [0.15, 0.2) is 0 Å². The molecular weight excluding hydrogens is 394 g/mol. The Bertz CT molecular complexity index is 847. The fourth-order valence-electron chi connectivity index (χ4n) is 3.74. The van der Waals surface area contributed by atoms with Gasteiger partial charge in [0, 0.05) is 19.4 Å². The zero-order chi connectivity index (χ0) is 21.0. The van der Waals surface area contributed by atoms with E-state index in [9.17, 15) is 18.0 Å². The van der Waals surface area contributed by atoms with E-state index >= 15 is 0 Å². The standard InChI is InChI=1S/C20H29N3O5S/c1-15-8-12-22(13-9-15)11-3-10-21-29(26,27)16-4-5-18(28-2)17(14-16)23-19(24)6-7-20(23)25/h4-5,14-15,21H,3,6-13H2,1-2H3. The van der Waals surface area contributed by atoms with E-state index in [1.807, 2.05) is 0 Å². The number of likely N-dealkylation sites (tertiary alicyclic amines) is 1. The number of anilines is 1. The highest BCUT2D eigenvalue weighted by molar-refractivity contribution is 7.89. The van der Waals surface area contributed by atoms with Crippen molar-refractivity contribution in [3.63, 3.8) is 0 Å². The first-order chi connectivity index (χ1) is 13.8. The molecule has 160 valence electrons. The zero-order valence-electron chi connectivity index (χ0n) is 17.0. The number of carbonyl (C=O) groups excluding carboxylic acids is 2. The van der Waals surface area contributed by atoms with Gasteiger partial charge in [0.25, 0.3) is 0 Å². The molecule has 1 aromatic rings. The molecule has 1 N–H and O–H groups in total. The molecule has 0 spiro atoms. The summed E-state index contributed by atoms with van der Waals surface area (Å²) in [5, 5.41) is 0. The predicted molar refractivity (Wildman–Crippen MR) is 109 cm³/mol. The van der Waals surface area contributed by atoms with Crippen LogP contribution in [0.4, 0.5) is 5.69 Å². The van der Waals surface area contributed by atoms with E-state index < -0.39 is 10.0 Å². The third-order valence-electron chi connectivity index (χ3n) is 5.57. The average molecular weight is 424 g/mol. The van der Waals surface area contributed by atoms with Crippen molar-refractivity contribution < 1.29 is 22.7 Å². The largest absolute Gasteiger partial charge is 0.495 e. The van der Waals surface area contributed by atoms with Gasteiger partial charge in [0.1, 0.15) is 5.75 Å². The Morgan fingerprint density at radius 1 is 1.14 bits per heavy atom. The van der Waals surface area contributed by atoms with Gasteiger partial charge in [-0.1, -0.05) is 6.92 Å². The molecule has 29 heavy (non-hydrogen) atoms. The number of rotatable bonds is 8. The summed E-state index contributed by atoms with van der Waals surface area (Å²) in [5.74, 6) is 0.341. The quantitative estimate of drug-likeness (QED) is 0.506. The van der Waals surface area contributed by atoms with E-state index in [-0.39, 0.29) is 41.0 Å². The molecule has 0 unspecified atom stereocenters. The number of piperidine rings is 1. The van der Waals surface area contributed by atoms with Crippen LogP contribution in [0.2, 0.25) is 0 Å². The second kappa shape index (κ2) is 9.23. The number of methoxy groups -OCH3 is 1. The first-order valence-electron chi connectivity index (χ1n) is 10.1. The van der Waals surface area contributed by atoms with Gasteiger partial charge in [-0.05, 0) is 63.0 Å². The highest BCUT2D eigenvalue weighted by Gasteiger charge is 2.33. The number of ether oxygens (including phenoxy) is 1. The molecule has 3 rings (SSSR count). The molecule has 2 aliphatic rings. The van der Waals surface area contributed by atoms with Crippen LogP contribution < -0.4 is 14.4 Å². The van der Waals surface area contributed by atoms with Crippen LogP contribution in [0.3, 0.4) is 0 Å². The lowest BCUT2D eigenvalue weighted by Gasteiger charge is -2.30. The van der Waals surface area contributed by atoms with Gasteiger partial charge in [-0.25, -0.2) is 18.0 Å². The molecule has 0 atom stereocenters. The first-order valence-corrected chi connectivity index (χ1v) is 11.6. The Kier molecular flexibility index (Phi) is 6.92. The van der Waals surface area contributed by atoms with Crippen molar-refractivity contribution >= 4 is 27.5 Å². The van der Waals surface area contributed by atoms with Crippen LogP contribution in [0.25, 0.3) is 0 Å². The Morgan fingerprint density at radius 2 is 1.79 bits per heavy atom. The molecule has 2 saturated heterocycles. The van der Waals surface area contributed by atoms with Crippen molar-refractivity contribution in [2.45, 2.75) is 43.9 Å². The van der Waals surface area contributed by atoms with Gasteiger partial charge in [-0.2, -0.15) is 0 Å². The molecule has 8 nitrogen and oxygen atoms in total. The van der Waals surface area contributed by atoms with Crippen LogP contribution in [-0.2, 0) is 19.6 Å². The van der Waals surface area contributed by atoms with Gasteiger partial charge in [0.05, 0.1) is 17.7 Å². The zero-order valence-corrected chi connectivity index (χ0v) is 17.8. The van der Waals surface area contributed by atoms with E-state index in [2.05, 4.69) is 16.5 Å². The summed E-state index contributed by atoms with van der Waals surface area (Å²) in [7, 11) is -2.34. The summed E-state index contributed by atoms with van der Waals surface area (Å²) in [4.78, 5) is 27.5. The summed E-state index contributed by atoms with van der Waals surface area (Å²) in [6, 6.07) is 4.22. The molecule has 0 saturated carbocycles. The van der Waals surface area contributed by atoms with Gasteiger partial charge < -0.3 is 9.64 Å². The van der Waals surface area contributed by atoms with Crippen molar-refractivity contribution in [1.82, 2.24) is 9.62 Å². The minimum atomic E-state index is -3.76. The molecule has 2 amide bonds. The van der Waals surface area contributed by atoms with Gasteiger partial charge >= 0.3 is 0 Å². The lowest BCUT2D eigenvalue weighted by atomic mass is 9.99. The maximum absolute atomic E-state index is 12.7. The Hall–Kier alpha value is -1.97. The summed E-state index contributed by atoms with van der Waals surface area (Å²) in [6.07, 6.45) is 3.33. The lowest BCUT2D eigenvalue weighted by molar-refractivity contribution is -0.121. The second-order valence-corrected chi connectivity index (χ2v) is 9.50. The average Bonchev–Trinajstić information content (AvgIpc) is 3.04. The van der Waals surface area contributed by atoms with E-state index in [4.69, 9.17) is 4.74 Å². The minimum absolute atomic E-state index is 0.00703. The number of imide groups is 1. The highest BCUT2D eigenvalue weighted by atomic mass is 32.2. The SMILES string of the molecule is COc1ccc(S(=O)(=O)NCCCN2CCC(C)CC2)cc1N1C(=O)CCC1=O. The molecule has 1 aromatic carbocycles. The monoisotopic (exact) mass is 423 g/mol. The molecule has 2 fully saturated rings. The normalized spacial score (nSPS) is 19.2. The van der Waals surface area contributed by atoms with Gasteiger partial charge in [-0.3, -0.25) is 9.59 Å². The molecule has 0 aromatic heterocycles. The van der Waals surface area contributed by atoms with Crippen LogP contribution in [0.1, 0.15) is 39.0 Å². The van der Waals surface area contributed by atoms with Gasteiger partial charge in [-0.15, -0.1) is 0 Å². The van der Waals surface area contributed by atoms with E-state index in [1.54, 1.807) is 0 Å². The number of sulfonamides is 1. The number of benzene rings is 1. The molecule has 2 aliphatic heterocycles. The third-order valence-corrected chi connectivity index (χ3v) is 7.03. The minimum Gasteiger partial charge on any atom is -0.495 e. The molecule has 0 radical (unpaired) electrons. The number of hydrogen-bond donors (Lipinski definition) is 1. The van der Waals surface area contributed by atoms with Crippen LogP contribution >= 0.6 is 0 Å². The third kappa shape index (κ3) is 5.15. The predicted octanol–water partition coefficient (Wildman–Crippen LogP) is 1.75. The number of carbonyl (C=O) groups is 2. The van der Waals surface area contributed by atoms with E-state index in [1.165, 1.54) is 38.2 Å². The van der Waals surface area contributed by atoms with Crippen LogP contribution in [-0.4, -0.2) is 58.4 Å². The Labute approximate surface area is 172 Å². The topological polar surface area (TPSA) is 96.0 Å². The van der Waals surface area contributed by atoms with E-state index in [0.717, 1.165) is 36.9 Å². The maximum Gasteiger partial charge on any atom is 0.240 e. The first kappa shape index (κ1) is 21.7. The van der Waals surface area contributed by atoms with Crippen molar-refractivity contribution in [2.24, 2.45) is 5.92 Å². The second-order valence-electron chi connectivity index (χ2n) is 7.73. The van der Waals surface area contributed by atoms with Crippen molar-refractivity contribution in [1.29, 1.82) is 0 Å². The fraction of sp³-hybridized carbons (Fsp3) is 0.600. The van der Waals surface area contributed by atoms with Crippen LogP contribution in [0, 0.1) is 5.92 Å². The van der Waals surface area contributed by atoms with E-state index in [0.29, 0.717) is 6.54 Å². The Balaban J connectivity index is 1.64. The molecular formula is C20H29N3O5S. The summed E-state index contributed by atoms with van der Waals surface area (Å²) < 4.78 is 33.3. The van der Waals surface area contributed by atoms with Crippen molar-refractivity contribution in [3.8, 4) is 5.75 Å². The highest BCUT2D eigenvalue weighted by Crippen LogP contribution is 2.34. The smallest absolute Gasteiger partial charge is 0.240 e. The maximum atomic E-state index is 12.7. The Morgan fingerprint density at radius 3 is 2.41 bits per heavy atom. The van der Waals surface area contributed by atoms with Crippen LogP contribution in [0.15, 0.2) is 23.1 Å². The van der Waals surface area contributed by atoms with Crippen molar-refractivity contribution in [3.05, 3.63) is 18.2 Å². The molecule has 9 heteroatoms. The number of nitrogens with zero attached hydrogens (tertiary/aromatic N) is 2. The summed E-state index contributed by atoms with van der Waals surface area (Å²) in [6.45, 7) is 5.58. The number of amides is 2. The van der Waals surface area contributed by atoms with Crippen LogP contribution in [0.5, 0.6) is 5.75 Å².